The van der Waals surface area contributed by atoms with E-state index in [-0.39, 0.29) is 17.6 Å². The first-order valence-corrected chi connectivity index (χ1v) is 6.12. The summed E-state index contributed by atoms with van der Waals surface area (Å²) in [5.41, 5.74) is 1.31. The lowest BCUT2D eigenvalue weighted by Gasteiger charge is -2.27. The second-order valence-corrected chi connectivity index (χ2v) is 4.51. The topological polar surface area (TPSA) is 56.8 Å². The molecule has 0 fully saturated rings. The summed E-state index contributed by atoms with van der Waals surface area (Å²) >= 11 is 0. The third-order valence-corrected chi connectivity index (χ3v) is 3.50. The lowest BCUT2D eigenvalue weighted by Crippen LogP contribution is -2.21. The van der Waals surface area contributed by atoms with Crippen molar-refractivity contribution in [3.05, 3.63) is 34.9 Å². The van der Waals surface area contributed by atoms with Crippen molar-refractivity contribution in [2.24, 2.45) is 5.92 Å². The molecule has 0 spiro atoms. The van der Waals surface area contributed by atoms with E-state index in [0.717, 1.165) is 5.56 Å². The van der Waals surface area contributed by atoms with Gasteiger partial charge in [-0.05, 0) is 41.7 Å². The fourth-order valence-corrected chi connectivity index (χ4v) is 2.54. The molecule has 1 aromatic carbocycles. The normalized spacial score (nSPS) is 17.1. The van der Waals surface area contributed by atoms with Crippen LogP contribution in [0.2, 0.25) is 0 Å². The predicted molar refractivity (Wildman–Crippen MR) is 69.0 cm³/mol. The van der Waals surface area contributed by atoms with Gasteiger partial charge in [0.15, 0.2) is 0 Å². The highest BCUT2D eigenvalue weighted by molar-refractivity contribution is 5.80. The summed E-state index contributed by atoms with van der Waals surface area (Å²) in [5.74, 6) is -0.431. The Kier molecular flexibility index (Phi) is 4.00. The fraction of sp³-hybridized carbons (Fsp3) is 0.333. The van der Waals surface area contributed by atoms with E-state index >= 15 is 0 Å². The number of rotatable bonds is 2. The second kappa shape index (κ2) is 5.71. The Morgan fingerprint density at radius 2 is 2.05 bits per heavy atom. The summed E-state index contributed by atoms with van der Waals surface area (Å²) in [6.45, 7) is 0. The van der Waals surface area contributed by atoms with Crippen LogP contribution in [0.25, 0.3) is 5.57 Å². The molecule has 0 radical (unpaired) electrons. The van der Waals surface area contributed by atoms with Crippen LogP contribution in [-0.2, 0) is 6.42 Å². The zero-order valence-corrected chi connectivity index (χ0v) is 10.9. The van der Waals surface area contributed by atoms with Crippen molar-refractivity contribution in [3.63, 3.8) is 0 Å². The van der Waals surface area contributed by atoms with Crippen molar-refractivity contribution in [1.82, 2.24) is 0 Å². The number of alkyl halides is 2. The van der Waals surface area contributed by atoms with E-state index in [0.29, 0.717) is 17.7 Å². The van der Waals surface area contributed by atoms with Gasteiger partial charge in [-0.1, -0.05) is 6.07 Å². The van der Waals surface area contributed by atoms with Crippen LogP contribution in [0.5, 0.6) is 5.75 Å². The Hall–Kier alpha value is -2.40. The quantitative estimate of drug-likeness (QED) is 0.777. The first kappa shape index (κ1) is 14.0. The Labute approximate surface area is 115 Å². The van der Waals surface area contributed by atoms with Gasteiger partial charge in [-0.3, -0.25) is 0 Å². The molecule has 0 amide bonds. The molecular formula is C15H12F2N2O. The summed E-state index contributed by atoms with van der Waals surface area (Å²) in [6.07, 6.45) is -1.88. The predicted octanol–water partition coefficient (Wildman–Crippen LogP) is 3.32. The minimum Gasteiger partial charge on any atom is -0.497 e. The molecule has 0 bridgehead atoms. The van der Waals surface area contributed by atoms with E-state index in [2.05, 4.69) is 0 Å². The molecule has 1 atom stereocenters. The van der Waals surface area contributed by atoms with Crippen LogP contribution in [-0.4, -0.2) is 13.5 Å². The molecule has 0 aliphatic heterocycles. The van der Waals surface area contributed by atoms with Gasteiger partial charge in [0, 0.05) is 5.92 Å². The molecule has 0 aromatic heterocycles. The summed E-state index contributed by atoms with van der Waals surface area (Å²) in [7, 11) is 1.53. The van der Waals surface area contributed by atoms with Gasteiger partial charge in [0.1, 0.15) is 23.5 Å². The standard InChI is InChI=1S/C15H12F2N2O/c1-20-11-3-5-12-9(6-11)2-4-13(15(16)17)14(12)10(7-18)8-19/h3,5-6,13,15H,2,4H2,1H3. The highest BCUT2D eigenvalue weighted by atomic mass is 19.3. The van der Waals surface area contributed by atoms with Gasteiger partial charge >= 0.3 is 0 Å². The van der Waals surface area contributed by atoms with Crippen molar-refractivity contribution >= 4 is 5.57 Å². The number of nitrogens with zero attached hydrogens (tertiary/aromatic N) is 2. The average Bonchev–Trinajstić information content (AvgIpc) is 2.47. The first-order valence-electron chi connectivity index (χ1n) is 6.12. The number of hydrogen-bond acceptors (Lipinski definition) is 3. The van der Waals surface area contributed by atoms with Crippen molar-refractivity contribution in [3.8, 4) is 17.9 Å². The van der Waals surface area contributed by atoms with Crippen LogP contribution in [0.4, 0.5) is 8.78 Å². The number of hydrogen-bond donors (Lipinski definition) is 0. The minimum absolute atomic E-state index is 0.161. The molecule has 1 aliphatic rings. The number of benzene rings is 1. The van der Waals surface area contributed by atoms with Crippen molar-refractivity contribution in [2.45, 2.75) is 19.3 Å². The monoisotopic (exact) mass is 274 g/mol. The maximum absolute atomic E-state index is 13.2. The van der Waals surface area contributed by atoms with Gasteiger partial charge in [-0.25, -0.2) is 8.78 Å². The largest absolute Gasteiger partial charge is 0.497 e. The first-order chi connectivity index (χ1) is 9.62. The molecule has 0 saturated heterocycles. The number of methoxy groups -OCH3 is 1. The SMILES string of the molecule is COc1ccc2c(c1)CCC(C(F)F)C2=C(C#N)C#N. The van der Waals surface area contributed by atoms with Crippen LogP contribution >= 0.6 is 0 Å². The number of nitriles is 2. The smallest absolute Gasteiger partial charge is 0.245 e. The average molecular weight is 274 g/mol. The van der Waals surface area contributed by atoms with Crippen LogP contribution < -0.4 is 4.74 Å². The number of allylic oxidation sites excluding steroid dienone is 2. The highest BCUT2D eigenvalue weighted by Crippen LogP contribution is 2.41. The van der Waals surface area contributed by atoms with Crippen molar-refractivity contribution < 1.29 is 13.5 Å². The summed E-state index contributed by atoms with van der Waals surface area (Å²) in [5, 5.41) is 18.0. The Morgan fingerprint density at radius 3 is 2.60 bits per heavy atom. The molecule has 2 rings (SSSR count). The van der Waals surface area contributed by atoms with E-state index < -0.39 is 12.3 Å². The lowest BCUT2D eigenvalue weighted by atomic mass is 9.77. The van der Waals surface area contributed by atoms with E-state index in [4.69, 9.17) is 15.3 Å². The molecule has 0 N–H and O–H groups in total. The van der Waals surface area contributed by atoms with Crippen molar-refractivity contribution in [2.75, 3.05) is 7.11 Å². The number of ether oxygens (including phenoxy) is 1. The summed E-state index contributed by atoms with van der Waals surface area (Å²) in [4.78, 5) is 0. The fourth-order valence-electron chi connectivity index (χ4n) is 2.54. The zero-order chi connectivity index (χ0) is 14.7. The Bertz CT molecular complexity index is 622. The number of fused-ring (bicyclic) bond motifs is 1. The van der Waals surface area contributed by atoms with Crippen LogP contribution in [0.15, 0.2) is 23.8 Å². The van der Waals surface area contributed by atoms with Crippen molar-refractivity contribution in [1.29, 1.82) is 10.5 Å². The molecular weight excluding hydrogens is 262 g/mol. The van der Waals surface area contributed by atoms with Gasteiger partial charge in [0.05, 0.1) is 7.11 Å². The van der Waals surface area contributed by atoms with E-state index in [1.54, 1.807) is 30.3 Å². The molecule has 5 heteroatoms. The molecule has 0 heterocycles. The zero-order valence-electron chi connectivity index (χ0n) is 10.9. The molecule has 1 aliphatic carbocycles. The minimum atomic E-state index is -2.59. The third kappa shape index (κ3) is 2.35. The van der Waals surface area contributed by atoms with E-state index in [1.807, 2.05) is 0 Å². The molecule has 1 unspecified atom stereocenters. The van der Waals surface area contributed by atoms with Gasteiger partial charge < -0.3 is 4.74 Å². The number of halogens is 2. The Morgan fingerprint density at radius 1 is 1.35 bits per heavy atom. The maximum atomic E-state index is 13.2. The van der Waals surface area contributed by atoms with E-state index in [1.165, 1.54) is 7.11 Å². The Balaban J connectivity index is 2.65. The van der Waals surface area contributed by atoms with Gasteiger partial charge in [0.25, 0.3) is 0 Å². The molecule has 102 valence electrons. The lowest BCUT2D eigenvalue weighted by molar-refractivity contribution is 0.0991. The molecule has 0 saturated carbocycles. The summed E-state index contributed by atoms with van der Waals surface area (Å²) < 4.78 is 31.4. The van der Waals surface area contributed by atoms with Gasteiger partial charge in [-0.2, -0.15) is 10.5 Å². The molecule has 1 aromatic rings. The summed E-state index contributed by atoms with van der Waals surface area (Å²) in [6, 6.07) is 8.52. The third-order valence-electron chi connectivity index (χ3n) is 3.50. The van der Waals surface area contributed by atoms with Gasteiger partial charge in [-0.15, -0.1) is 0 Å². The second-order valence-electron chi connectivity index (χ2n) is 4.51. The van der Waals surface area contributed by atoms with Crippen LogP contribution in [0.3, 0.4) is 0 Å². The van der Waals surface area contributed by atoms with E-state index in [9.17, 15) is 8.78 Å². The molecule has 3 nitrogen and oxygen atoms in total. The van der Waals surface area contributed by atoms with Gasteiger partial charge in [0.2, 0.25) is 6.43 Å². The maximum Gasteiger partial charge on any atom is 0.245 e. The van der Waals surface area contributed by atoms with Crippen LogP contribution in [0, 0.1) is 28.6 Å². The van der Waals surface area contributed by atoms with Crippen LogP contribution in [0.1, 0.15) is 17.5 Å². The number of aryl methyl sites for hydroxylation is 1. The highest BCUT2D eigenvalue weighted by Gasteiger charge is 2.33. The molecule has 20 heavy (non-hydrogen) atoms.